The normalized spacial score (nSPS) is 11.2. The minimum Gasteiger partial charge on any atom is -0.496 e. The van der Waals surface area contributed by atoms with Crippen LogP contribution in [0.25, 0.3) is 21.7 Å². The highest BCUT2D eigenvalue weighted by Crippen LogP contribution is 2.26. The van der Waals surface area contributed by atoms with Crippen LogP contribution in [0.1, 0.15) is 15.9 Å². The Morgan fingerprint density at radius 3 is 2.43 bits per heavy atom. The van der Waals surface area contributed by atoms with Crippen LogP contribution < -0.4 is 15.5 Å². The van der Waals surface area contributed by atoms with Crippen LogP contribution in [-0.4, -0.2) is 29.7 Å². The lowest BCUT2D eigenvalue weighted by Gasteiger charge is -2.09. The lowest BCUT2D eigenvalue weighted by Crippen LogP contribution is -2.18. The maximum atomic E-state index is 13.1. The van der Waals surface area contributed by atoms with Crippen molar-refractivity contribution in [3.8, 4) is 5.75 Å². The Morgan fingerprint density at radius 1 is 0.973 bits per heavy atom. The van der Waals surface area contributed by atoms with Crippen LogP contribution in [0.2, 0.25) is 0 Å². The maximum Gasteiger partial charge on any atom is 0.275 e. The van der Waals surface area contributed by atoms with E-state index in [2.05, 4.69) is 15.8 Å². The lowest BCUT2D eigenvalue weighted by molar-refractivity contribution is -0.116. The minimum atomic E-state index is -0.402. The lowest BCUT2D eigenvalue weighted by atomic mass is 10.1. The quantitative estimate of drug-likeness (QED) is 0.236. The predicted molar refractivity (Wildman–Crippen MR) is 143 cm³/mol. The van der Waals surface area contributed by atoms with E-state index in [1.54, 1.807) is 23.0 Å². The number of nitrogens with one attached hydrogen (secondary N) is 2. The molecule has 4 aromatic carbocycles. The first-order chi connectivity index (χ1) is 18.0. The SMILES string of the molecule is COc1cc2ccccc2cc1C(=O)N/N=C\c1cn(CC(=O)Nc2ccc(F)cc2)c2ccccc12. The second-order valence-corrected chi connectivity index (χ2v) is 8.38. The zero-order chi connectivity index (χ0) is 25.8. The van der Waals surface area contributed by atoms with E-state index in [1.165, 1.54) is 31.4 Å². The fourth-order valence-electron chi connectivity index (χ4n) is 4.18. The molecule has 0 bridgehead atoms. The smallest absolute Gasteiger partial charge is 0.275 e. The fraction of sp³-hybridized carbons (Fsp3) is 0.0690. The number of carbonyl (C=O) groups is 2. The van der Waals surface area contributed by atoms with Crippen molar-refractivity contribution in [3.63, 3.8) is 0 Å². The highest BCUT2D eigenvalue weighted by atomic mass is 19.1. The Kier molecular flexibility index (Phi) is 6.63. The Morgan fingerprint density at radius 2 is 1.68 bits per heavy atom. The third-order valence-corrected chi connectivity index (χ3v) is 5.94. The van der Waals surface area contributed by atoms with Gasteiger partial charge in [-0.2, -0.15) is 5.10 Å². The number of anilines is 1. The highest BCUT2D eigenvalue weighted by molar-refractivity contribution is 6.03. The summed E-state index contributed by atoms with van der Waals surface area (Å²) in [6.45, 7) is 0.0480. The molecule has 0 radical (unpaired) electrons. The van der Waals surface area contributed by atoms with Crippen molar-refractivity contribution in [2.24, 2.45) is 5.10 Å². The number of ether oxygens (including phenoxy) is 1. The summed E-state index contributed by atoms with van der Waals surface area (Å²) in [5.74, 6) is -0.575. The predicted octanol–water partition coefficient (Wildman–Crippen LogP) is 5.34. The van der Waals surface area contributed by atoms with Crippen molar-refractivity contribution in [1.82, 2.24) is 9.99 Å². The second-order valence-electron chi connectivity index (χ2n) is 8.38. The van der Waals surface area contributed by atoms with Crippen molar-refractivity contribution >= 4 is 45.4 Å². The molecule has 184 valence electrons. The van der Waals surface area contributed by atoms with Gasteiger partial charge >= 0.3 is 0 Å². The number of benzene rings is 4. The molecule has 0 saturated heterocycles. The third-order valence-electron chi connectivity index (χ3n) is 5.94. The van der Waals surface area contributed by atoms with E-state index >= 15 is 0 Å². The molecule has 0 saturated carbocycles. The van der Waals surface area contributed by atoms with Gasteiger partial charge in [-0.25, -0.2) is 9.82 Å². The number of rotatable bonds is 7. The number of fused-ring (bicyclic) bond motifs is 2. The third kappa shape index (κ3) is 5.18. The fourth-order valence-corrected chi connectivity index (χ4v) is 4.18. The summed E-state index contributed by atoms with van der Waals surface area (Å²) in [7, 11) is 1.52. The first-order valence-electron chi connectivity index (χ1n) is 11.6. The number of halogens is 1. The number of carbonyl (C=O) groups excluding carboxylic acids is 2. The van der Waals surface area contributed by atoms with E-state index in [0.29, 0.717) is 17.0 Å². The molecule has 5 aromatic rings. The molecule has 37 heavy (non-hydrogen) atoms. The summed E-state index contributed by atoms with van der Waals surface area (Å²) in [5.41, 5.74) is 5.02. The van der Waals surface area contributed by atoms with Gasteiger partial charge in [0.1, 0.15) is 18.1 Å². The Labute approximate surface area is 212 Å². The van der Waals surface area contributed by atoms with Gasteiger partial charge in [0.05, 0.1) is 18.9 Å². The average molecular weight is 495 g/mol. The number of hydrazone groups is 1. The molecule has 0 spiro atoms. The van der Waals surface area contributed by atoms with Crippen LogP contribution >= 0.6 is 0 Å². The van der Waals surface area contributed by atoms with Gasteiger partial charge in [-0.1, -0.05) is 42.5 Å². The first kappa shape index (κ1) is 23.7. The standard InChI is InChI=1S/C29H23FN4O3/c1-37-27-15-20-7-3-2-6-19(20)14-25(27)29(36)33-31-16-21-17-34(26-9-5-4-8-24(21)26)18-28(35)32-23-12-10-22(30)11-13-23/h2-17H,18H2,1H3,(H,32,35)(H,33,36)/b31-16-. The van der Waals surface area contributed by atoms with Crippen LogP contribution in [-0.2, 0) is 11.3 Å². The van der Waals surface area contributed by atoms with Crippen molar-refractivity contribution < 1.29 is 18.7 Å². The summed E-state index contributed by atoms with van der Waals surface area (Å²) in [6, 6.07) is 24.5. The summed E-state index contributed by atoms with van der Waals surface area (Å²) in [4.78, 5) is 25.5. The van der Waals surface area contributed by atoms with Crippen molar-refractivity contribution in [2.45, 2.75) is 6.54 Å². The average Bonchev–Trinajstić information content (AvgIpc) is 3.26. The van der Waals surface area contributed by atoms with Crippen LogP contribution in [0.4, 0.5) is 10.1 Å². The monoisotopic (exact) mass is 494 g/mol. The summed E-state index contributed by atoms with van der Waals surface area (Å²) in [6.07, 6.45) is 3.34. The molecule has 8 heteroatoms. The molecule has 5 rings (SSSR count). The van der Waals surface area contributed by atoms with Crippen molar-refractivity contribution in [1.29, 1.82) is 0 Å². The zero-order valence-corrected chi connectivity index (χ0v) is 19.9. The summed E-state index contributed by atoms with van der Waals surface area (Å²) < 4.78 is 20.3. The molecule has 2 N–H and O–H groups in total. The topological polar surface area (TPSA) is 84.7 Å². The molecule has 0 aliphatic heterocycles. The van der Waals surface area contributed by atoms with Gasteiger partial charge < -0.3 is 14.6 Å². The minimum absolute atomic E-state index is 0.0480. The molecule has 1 heterocycles. The number of para-hydroxylation sites is 1. The molecule has 7 nitrogen and oxygen atoms in total. The van der Waals surface area contributed by atoms with E-state index in [0.717, 1.165) is 27.2 Å². The molecule has 0 aliphatic rings. The molecule has 0 atom stereocenters. The van der Waals surface area contributed by atoms with Crippen LogP contribution in [0.15, 0.2) is 96.2 Å². The van der Waals surface area contributed by atoms with Crippen molar-refractivity contribution in [2.75, 3.05) is 12.4 Å². The molecular formula is C29H23FN4O3. The van der Waals surface area contributed by atoms with Gasteiger partial charge in [0.15, 0.2) is 0 Å². The summed E-state index contributed by atoms with van der Waals surface area (Å²) in [5, 5.41) is 9.68. The van der Waals surface area contributed by atoms with Crippen molar-refractivity contribution in [3.05, 3.63) is 108 Å². The van der Waals surface area contributed by atoms with E-state index in [-0.39, 0.29) is 18.3 Å². The maximum absolute atomic E-state index is 13.1. The van der Waals surface area contributed by atoms with Crippen LogP contribution in [0.3, 0.4) is 0 Å². The Balaban J connectivity index is 1.34. The van der Waals surface area contributed by atoms with Gasteiger partial charge in [-0.3, -0.25) is 9.59 Å². The number of hydrogen-bond donors (Lipinski definition) is 2. The van der Waals surface area contributed by atoms with Gasteiger partial charge in [-0.15, -0.1) is 0 Å². The number of methoxy groups -OCH3 is 1. The number of amides is 2. The summed E-state index contributed by atoms with van der Waals surface area (Å²) >= 11 is 0. The Bertz CT molecular complexity index is 1640. The highest BCUT2D eigenvalue weighted by Gasteiger charge is 2.14. The largest absolute Gasteiger partial charge is 0.496 e. The van der Waals surface area contributed by atoms with E-state index in [4.69, 9.17) is 4.74 Å². The van der Waals surface area contributed by atoms with Crippen LogP contribution in [0.5, 0.6) is 5.75 Å². The molecule has 1 aromatic heterocycles. The Hall–Kier alpha value is -4.98. The molecule has 0 fully saturated rings. The van der Waals surface area contributed by atoms with Crippen LogP contribution in [0, 0.1) is 5.82 Å². The van der Waals surface area contributed by atoms with E-state index in [1.807, 2.05) is 54.6 Å². The first-order valence-corrected chi connectivity index (χ1v) is 11.6. The molecule has 0 unspecified atom stereocenters. The van der Waals surface area contributed by atoms with Gasteiger partial charge in [0.2, 0.25) is 5.91 Å². The zero-order valence-electron chi connectivity index (χ0n) is 19.9. The second kappa shape index (κ2) is 10.3. The van der Waals surface area contributed by atoms with E-state index in [9.17, 15) is 14.0 Å². The van der Waals surface area contributed by atoms with Gasteiger partial charge in [0, 0.05) is 28.4 Å². The van der Waals surface area contributed by atoms with E-state index < -0.39 is 5.91 Å². The molecule has 2 amide bonds. The molecular weight excluding hydrogens is 471 g/mol. The van der Waals surface area contributed by atoms with Gasteiger partial charge in [-0.05, 0) is 53.2 Å². The number of aromatic nitrogens is 1. The number of nitrogens with zero attached hydrogens (tertiary/aromatic N) is 2. The van der Waals surface area contributed by atoms with Gasteiger partial charge in [0.25, 0.3) is 5.91 Å². The number of hydrogen-bond acceptors (Lipinski definition) is 4. The molecule has 0 aliphatic carbocycles.